The van der Waals surface area contributed by atoms with Crippen LogP contribution in [0.5, 0.6) is 5.75 Å². The average molecular weight is 184 g/mol. The second-order valence-corrected chi connectivity index (χ2v) is 3.46. The SMILES string of the molecule is Cc1cc2c(cc1Cl)OC[C@H]2N. The van der Waals surface area contributed by atoms with Crippen molar-refractivity contribution in [1.82, 2.24) is 0 Å². The number of rotatable bonds is 0. The van der Waals surface area contributed by atoms with Gasteiger partial charge in [-0.25, -0.2) is 0 Å². The van der Waals surface area contributed by atoms with Crippen LogP contribution in [0.4, 0.5) is 0 Å². The summed E-state index contributed by atoms with van der Waals surface area (Å²) in [6, 6.07) is 3.84. The monoisotopic (exact) mass is 183 g/mol. The number of halogens is 1. The van der Waals surface area contributed by atoms with Crippen molar-refractivity contribution in [3.05, 3.63) is 28.3 Å². The third-order valence-electron chi connectivity index (χ3n) is 2.11. The van der Waals surface area contributed by atoms with E-state index in [-0.39, 0.29) is 6.04 Å². The maximum absolute atomic E-state index is 5.92. The molecule has 0 aliphatic carbocycles. The van der Waals surface area contributed by atoms with Crippen LogP contribution in [0.25, 0.3) is 0 Å². The normalized spacial score (nSPS) is 20.4. The third kappa shape index (κ3) is 1.08. The molecule has 12 heavy (non-hydrogen) atoms. The number of aryl methyl sites for hydroxylation is 1. The number of benzene rings is 1. The minimum absolute atomic E-state index is 0.0102. The Hall–Kier alpha value is -0.730. The van der Waals surface area contributed by atoms with E-state index in [4.69, 9.17) is 22.1 Å². The van der Waals surface area contributed by atoms with Gasteiger partial charge in [-0.3, -0.25) is 0 Å². The summed E-state index contributed by atoms with van der Waals surface area (Å²) in [6.45, 7) is 2.53. The molecule has 2 N–H and O–H groups in total. The number of nitrogens with two attached hydrogens (primary N) is 1. The van der Waals surface area contributed by atoms with Crippen molar-refractivity contribution < 1.29 is 4.74 Å². The van der Waals surface area contributed by atoms with Crippen molar-refractivity contribution in [1.29, 1.82) is 0 Å². The van der Waals surface area contributed by atoms with Crippen molar-refractivity contribution in [3.8, 4) is 5.75 Å². The van der Waals surface area contributed by atoms with Gasteiger partial charge in [-0.05, 0) is 24.6 Å². The Morgan fingerprint density at radius 2 is 2.33 bits per heavy atom. The van der Waals surface area contributed by atoms with E-state index in [2.05, 4.69) is 0 Å². The molecule has 0 radical (unpaired) electrons. The quantitative estimate of drug-likeness (QED) is 0.668. The summed E-state index contributed by atoms with van der Waals surface area (Å²) >= 11 is 5.92. The van der Waals surface area contributed by atoms with E-state index in [0.29, 0.717) is 6.61 Å². The van der Waals surface area contributed by atoms with Crippen LogP contribution in [0.3, 0.4) is 0 Å². The molecule has 2 rings (SSSR count). The number of ether oxygens (including phenoxy) is 1. The molecule has 0 fully saturated rings. The van der Waals surface area contributed by atoms with Gasteiger partial charge in [-0.15, -0.1) is 0 Å². The zero-order chi connectivity index (χ0) is 8.72. The minimum atomic E-state index is 0.0102. The molecule has 0 amide bonds. The van der Waals surface area contributed by atoms with Crippen LogP contribution in [0, 0.1) is 6.92 Å². The van der Waals surface area contributed by atoms with Gasteiger partial charge in [0.15, 0.2) is 0 Å². The molecule has 0 saturated heterocycles. The molecule has 1 aromatic rings. The number of fused-ring (bicyclic) bond motifs is 1. The molecule has 0 unspecified atom stereocenters. The van der Waals surface area contributed by atoms with Gasteiger partial charge in [0.1, 0.15) is 12.4 Å². The molecule has 1 aliphatic rings. The van der Waals surface area contributed by atoms with Gasteiger partial charge >= 0.3 is 0 Å². The van der Waals surface area contributed by atoms with Crippen molar-refractivity contribution in [3.63, 3.8) is 0 Å². The second-order valence-electron chi connectivity index (χ2n) is 3.06. The second kappa shape index (κ2) is 2.64. The fraction of sp³-hybridized carbons (Fsp3) is 0.333. The van der Waals surface area contributed by atoms with Crippen molar-refractivity contribution in [2.75, 3.05) is 6.61 Å². The lowest BCUT2D eigenvalue weighted by Crippen LogP contribution is -2.10. The smallest absolute Gasteiger partial charge is 0.125 e. The molecule has 0 saturated carbocycles. The summed E-state index contributed by atoms with van der Waals surface area (Å²) in [7, 11) is 0. The predicted octanol–water partition coefficient (Wildman–Crippen LogP) is 2.04. The average Bonchev–Trinajstić information content (AvgIpc) is 2.35. The highest BCUT2D eigenvalue weighted by molar-refractivity contribution is 6.31. The molecule has 64 valence electrons. The van der Waals surface area contributed by atoms with Crippen LogP contribution in [-0.4, -0.2) is 6.61 Å². The van der Waals surface area contributed by atoms with Gasteiger partial charge in [0.05, 0.1) is 6.04 Å². The van der Waals surface area contributed by atoms with Crippen LogP contribution in [0.2, 0.25) is 5.02 Å². The fourth-order valence-electron chi connectivity index (χ4n) is 1.37. The fourth-order valence-corrected chi connectivity index (χ4v) is 1.52. The summed E-state index contributed by atoms with van der Waals surface area (Å²) < 4.78 is 5.34. The molecule has 0 bridgehead atoms. The van der Waals surface area contributed by atoms with Crippen LogP contribution in [0.1, 0.15) is 17.2 Å². The summed E-state index contributed by atoms with van der Waals surface area (Å²) in [5.41, 5.74) is 7.92. The first-order valence-corrected chi connectivity index (χ1v) is 4.24. The lowest BCUT2D eigenvalue weighted by molar-refractivity contribution is 0.333. The highest BCUT2D eigenvalue weighted by atomic mass is 35.5. The molecule has 2 nitrogen and oxygen atoms in total. The molecule has 0 aromatic heterocycles. The number of hydrogen-bond acceptors (Lipinski definition) is 2. The van der Waals surface area contributed by atoms with E-state index in [1.165, 1.54) is 0 Å². The van der Waals surface area contributed by atoms with Crippen LogP contribution in [-0.2, 0) is 0 Å². The Bertz CT molecular complexity index is 325. The van der Waals surface area contributed by atoms with Gasteiger partial charge < -0.3 is 10.5 Å². The zero-order valence-electron chi connectivity index (χ0n) is 6.80. The Morgan fingerprint density at radius 3 is 3.08 bits per heavy atom. The molecule has 1 atom stereocenters. The Kier molecular flexibility index (Phi) is 1.74. The van der Waals surface area contributed by atoms with Gasteiger partial charge in [0, 0.05) is 10.6 Å². The van der Waals surface area contributed by atoms with Crippen LogP contribution < -0.4 is 10.5 Å². The van der Waals surface area contributed by atoms with E-state index in [9.17, 15) is 0 Å². The first-order valence-electron chi connectivity index (χ1n) is 3.87. The van der Waals surface area contributed by atoms with Gasteiger partial charge in [-0.2, -0.15) is 0 Å². The third-order valence-corrected chi connectivity index (χ3v) is 2.52. The lowest BCUT2D eigenvalue weighted by Gasteiger charge is -2.03. The summed E-state index contributed by atoms with van der Waals surface area (Å²) in [5, 5.41) is 0.739. The van der Waals surface area contributed by atoms with E-state index < -0.39 is 0 Å². The molecule has 1 aliphatic heterocycles. The van der Waals surface area contributed by atoms with E-state index in [1.807, 2.05) is 19.1 Å². The topological polar surface area (TPSA) is 35.2 Å². The van der Waals surface area contributed by atoms with E-state index in [1.54, 1.807) is 0 Å². The summed E-state index contributed by atoms with van der Waals surface area (Å²) in [5.74, 6) is 0.832. The van der Waals surface area contributed by atoms with Gasteiger partial charge in [0.25, 0.3) is 0 Å². The standard InChI is InChI=1S/C9H10ClNO/c1-5-2-6-8(11)4-12-9(6)3-7(5)10/h2-3,8H,4,11H2,1H3/t8-/m1/s1. The molecule has 1 aromatic carbocycles. The van der Waals surface area contributed by atoms with Gasteiger partial charge in [-0.1, -0.05) is 11.6 Å². The van der Waals surface area contributed by atoms with Crippen LogP contribution in [0.15, 0.2) is 12.1 Å². The number of hydrogen-bond donors (Lipinski definition) is 1. The zero-order valence-corrected chi connectivity index (χ0v) is 7.56. The first kappa shape index (κ1) is 7.90. The predicted molar refractivity (Wildman–Crippen MR) is 48.6 cm³/mol. The lowest BCUT2D eigenvalue weighted by atomic mass is 10.1. The van der Waals surface area contributed by atoms with E-state index >= 15 is 0 Å². The molecule has 1 heterocycles. The first-order chi connectivity index (χ1) is 5.68. The Labute approximate surface area is 76.3 Å². The molecule has 3 heteroatoms. The Morgan fingerprint density at radius 1 is 1.58 bits per heavy atom. The summed E-state index contributed by atoms with van der Waals surface area (Å²) in [4.78, 5) is 0. The minimum Gasteiger partial charge on any atom is -0.491 e. The van der Waals surface area contributed by atoms with Gasteiger partial charge in [0.2, 0.25) is 0 Å². The highest BCUT2D eigenvalue weighted by Gasteiger charge is 2.21. The maximum atomic E-state index is 5.92. The highest BCUT2D eigenvalue weighted by Crippen LogP contribution is 2.34. The van der Waals surface area contributed by atoms with E-state index in [0.717, 1.165) is 21.9 Å². The summed E-state index contributed by atoms with van der Waals surface area (Å²) in [6.07, 6.45) is 0. The van der Waals surface area contributed by atoms with Crippen molar-refractivity contribution in [2.45, 2.75) is 13.0 Å². The van der Waals surface area contributed by atoms with Crippen molar-refractivity contribution in [2.24, 2.45) is 5.73 Å². The largest absolute Gasteiger partial charge is 0.491 e. The molecular weight excluding hydrogens is 174 g/mol. The van der Waals surface area contributed by atoms with Crippen molar-refractivity contribution >= 4 is 11.6 Å². The Balaban J connectivity index is 2.56. The molecular formula is C9H10ClNO. The maximum Gasteiger partial charge on any atom is 0.125 e. The molecule has 0 spiro atoms. The van der Waals surface area contributed by atoms with Crippen LogP contribution >= 0.6 is 11.6 Å².